The Balaban J connectivity index is 1.65. The molecule has 2 amide bonds. The molecular weight excluding hydrogens is 276 g/mol. The summed E-state index contributed by atoms with van der Waals surface area (Å²) in [4.78, 5) is 22.5. The SMILES string of the molecule is O=C(O)CC1(CNC(=O)NCCc2ccsc2)CCC1. The molecular formula is C14H20N2O3S. The number of carbonyl (C=O) groups is 2. The van der Waals surface area contributed by atoms with E-state index in [1.54, 1.807) is 11.3 Å². The minimum absolute atomic E-state index is 0.141. The normalized spacial score (nSPS) is 16.2. The summed E-state index contributed by atoms with van der Waals surface area (Å²) in [5.74, 6) is -0.788. The van der Waals surface area contributed by atoms with E-state index < -0.39 is 5.97 Å². The Bertz CT molecular complexity index is 455. The molecule has 1 aromatic heterocycles. The van der Waals surface area contributed by atoms with Crippen LogP contribution in [0.15, 0.2) is 16.8 Å². The Morgan fingerprint density at radius 3 is 2.70 bits per heavy atom. The molecule has 0 radical (unpaired) electrons. The molecule has 0 atom stereocenters. The maximum absolute atomic E-state index is 11.7. The zero-order chi connectivity index (χ0) is 14.4. The summed E-state index contributed by atoms with van der Waals surface area (Å²) in [6.07, 6.45) is 3.77. The largest absolute Gasteiger partial charge is 0.481 e. The number of aliphatic carboxylic acids is 1. The van der Waals surface area contributed by atoms with Gasteiger partial charge in [-0.15, -0.1) is 0 Å². The van der Waals surface area contributed by atoms with Crippen LogP contribution in [0.2, 0.25) is 0 Å². The van der Waals surface area contributed by atoms with Crippen molar-refractivity contribution in [2.24, 2.45) is 5.41 Å². The van der Waals surface area contributed by atoms with Crippen LogP contribution in [0.5, 0.6) is 0 Å². The van der Waals surface area contributed by atoms with Gasteiger partial charge in [-0.25, -0.2) is 4.79 Å². The minimum Gasteiger partial charge on any atom is -0.481 e. The van der Waals surface area contributed by atoms with Gasteiger partial charge in [0.1, 0.15) is 0 Å². The molecule has 110 valence electrons. The van der Waals surface area contributed by atoms with Crippen molar-refractivity contribution in [2.45, 2.75) is 32.1 Å². The molecule has 3 N–H and O–H groups in total. The number of urea groups is 1. The fraction of sp³-hybridized carbons (Fsp3) is 0.571. The second-order valence-corrected chi connectivity index (χ2v) is 6.20. The average molecular weight is 296 g/mol. The summed E-state index contributed by atoms with van der Waals surface area (Å²) in [5.41, 5.74) is 0.993. The number of thiophene rings is 1. The third-order valence-electron chi connectivity index (χ3n) is 3.84. The fourth-order valence-electron chi connectivity index (χ4n) is 2.50. The highest BCUT2D eigenvalue weighted by Gasteiger charge is 2.39. The molecule has 0 unspecified atom stereocenters. The van der Waals surface area contributed by atoms with Gasteiger partial charge in [-0.1, -0.05) is 6.42 Å². The van der Waals surface area contributed by atoms with Crippen LogP contribution in [0.25, 0.3) is 0 Å². The summed E-state index contributed by atoms with van der Waals surface area (Å²) in [6, 6.07) is 1.83. The first kappa shape index (κ1) is 14.8. The quantitative estimate of drug-likeness (QED) is 0.722. The van der Waals surface area contributed by atoms with Gasteiger partial charge < -0.3 is 15.7 Å². The molecule has 1 fully saturated rings. The van der Waals surface area contributed by atoms with Crippen molar-refractivity contribution in [1.29, 1.82) is 0 Å². The molecule has 20 heavy (non-hydrogen) atoms. The Hall–Kier alpha value is -1.56. The molecule has 1 aliphatic rings. The summed E-state index contributed by atoms with van der Waals surface area (Å²) in [7, 11) is 0. The Morgan fingerprint density at radius 1 is 1.35 bits per heavy atom. The van der Waals surface area contributed by atoms with E-state index in [0.717, 1.165) is 25.7 Å². The van der Waals surface area contributed by atoms with Crippen LogP contribution in [0.3, 0.4) is 0 Å². The average Bonchev–Trinajstić information content (AvgIpc) is 2.85. The molecule has 2 rings (SSSR count). The van der Waals surface area contributed by atoms with Gasteiger partial charge in [0.2, 0.25) is 0 Å². The van der Waals surface area contributed by atoms with Gasteiger partial charge >= 0.3 is 12.0 Å². The Morgan fingerprint density at radius 2 is 2.15 bits per heavy atom. The van der Waals surface area contributed by atoms with Crippen molar-refractivity contribution in [1.82, 2.24) is 10.6 Å². The lowest BCUT2D eigenvalue weighted by molar-refractivity contribution is -0.141. The van der Waals surface area contributed by atoms with E-state index in [9.17, 15) is 9.59 Å². The molecule has 6 heteroatoms. The number of carboxylic acids is 1. The number of rotatable bonds is 7. The lowest BCUT2D eigenvalue weighted by Crippen LogP contribution is -2.46. The van der Waals surface area contributed by atoms with Gasteiger partial charge in [0.05, 0.1) is 6.42 Å². The summed E-state index contributed by atoms with van der Waals surface area (Å²) < 4.78 is 0. The van der Waals surface area contributed by atoms with Crippen LogP contribution >= 0.6 is 11.3 Å². The van der Waals surface area contributed by atoms with Crippen molar-refractivity contribution in [3.05, 3.63) is 22.4 Å². The molecule has 1 saturated carbocycles. The predicted molar refractivity (Wildman–Crippen MR) is 78.0 cm³/mol. The van der Waals surface area contributed by atoms with Crippen LogP contribution in [0, 0.1) is 5.41 Å². The molecule has 0 spiro atoms. The number of nitrogens with one attached hydrogen (secondary N) is 2. The zero-order valence-electron chi connectivity index (χ0n) is 11.4. The van der Waals surface area contributed by atoms with Gasteiger partial charge in [0.25, 0.3) is 0 Å². The summed E-state index contributed by atoms with van der Waals surface area (Å²) in [5, 5.41) is 18.6. The first-order valence-corrected chi connectivity index (χ1v) is 7.79. The number of hydrogen-bond donors (Lipinski definition) is 3. The summed E-state index contributed by atoms with van der Waals surface area (Å²) >= 11 is 1.64. The van der Waals surface area contributed by atoms with Gasteiger partial charge in [0, 0.05) is 13.1 Å². The second kappa shape index (κ2) is 6.74. The van der Waals surface area contributed by atoms with Crippen LogP contribution < -0.4 is 10.6 Å². The van der Waals surface area contributed by atoms with E-state index in [2.05, 4.69) is 16.0 Å². The topological polar surface area (TPSA) is 78.4 Å². The van der Waals surface area contributed by atoms with Crippen molar-refractivity contribution in [3.8, 4) is 0 Å². The van der Waals surface area contributed by atoms with E-state index in [1.165, 1.54) is 5.56 Å². The first-order chi connectivity index (χ1) is 9.60. The Kier molecular flexibility index (Phi) is 5.00. The third-order valence-corrected chi connectivity index (χ3v) is 4.58. The first-order valence-electron chi connectivity index (χ1n) is 6.84. The summed E-state index contributed by atoms with van der Waals surface area (Å²) in [6.45, 7) is 1.04. The maximum atomic E-state index is 11.7. The number of hydrogen-bond acceptors (Lipinski definition) is 3. The van der Waals surface area contributed by atoms with E-state index in [0.29, 0.717) is 13.1 Å². The number of amides is 2. The number of carboxylic acid groups (broad SMARTS) is 1. The smallest absolute Gasteiger partial charge is 0.314 e. The molecule has 0 bridgehead atoms. The van der Waals surface area contributed by atoms with Crippen molar-refractivity contribution < 1.29 is 14.7 Å². The molecule has 1 aliphatic carbocycles. The Labute approximate surface area is 122 Å². The lowest BCUT2D eigenvalue weighted by atomic mass is 9.66. The molecule has 1 heterocycles. The van der Waals surface area contributed by atoms with Crippen LogP contribution in [-0.4, -0.2) is 30.2 Å². The maximum Gasteiger partial charge on any atom is 0.314 e. The molecule has 0 aliphatic heterocycles. The molecule has 0 saturated heterocycles. The highest BCUT2D eigenvalue weighted by Crippen LogP contribution is 2.43. The van der Waals surface area contributed by atoms with Crippen LogP contribution in [0.4, 0.5) is 4.79 Å². The monoisotopic (exact) mass is 296 g/mol. The molecule has 5 nitrogen and oxygen atoms in total. The van der Waals surface area contributed by atoms with Crippen LogP contribution in [-0.2, 0) is 11.2 Å². The fourth-order valence-corrected chi connectivity index (χ4v) is 3.20. The van der Waals surface area contributed by atoms with E-state index in [4.69, 9.17) is 5.11 Å². The van der Waals surface area contributed by atoms with Crippen molar-refractivity contribution >= 4 is 23.3 Å². The molecule has 0 aromatic carbocycles. The third kappa shape index (κ3) is 4.23. The van der Waals surface area contributed by atoms with Crippen LogP contribution in [0.1, 0.15) is 31.2 Å². The van der Waals surface area contributed by atoms with Gasteiger partial charge in [-0.2, -0.15) is 11.3 Å². The highest BCUT2D eigenvalue weighted by molar-refractivity contribution is 7.07. The van der Waals surface area contributed by atoms with Gasteiger partial charge in [0.15, 0.2) is 0 Å². The highest BCUT2D eigenvalue weighted by atomic mass is 32.1. The van der Waals surface area contributed by atoms with Gasteiger partial charge in [-0.3, -0.25) is 4.79 Å². The van der Waals surface area contributed by atoms with Crippen molar-refractivity contribution in [3.63, 3.8) is 0 Å². The number of carbonyl (C=O) groups excluding carboxylic acids is 1. The zero-order valence-corrected chi connectivity index (χ0v) is 12.2. The van der Waals surface area contributed by atoms with E-state index >= 15 is 0 Å². The standard InChI is InChI=1S/C14H20N2O3S/c17-12(18)8-14(4-1-5-14)10-16-13(19)15-6-2-11-3-7-20-9-11/h3,7,9H,1-2,4-6,8,10H2,(H,17,18)(H2,15,16,19). The second-order valence-electron chi connectivity index (χ2n) is 5.42. The molecule has 1 aromatic rings. The van der Waals surface area contributed by atoms with E-state index in [-0.39, 0.29) is 17.9 Å². The lowest BCUT2D eigenvalue weighted by Gasteiger charge is -2.40. The van der Waals surface area contributed by atoms with Crippen molar-refractivity contribution in [2.75, 3.05) is 13.1 Å². The van der Waals surface area contributed by atoms with Gasteiger partial charge in [-0.05, 0) is 47.1 Å². The predicted octanol–water partition coefficient (Wildman–Crippen LogP) is 2.23. The minimum atomic E-state index is -0.788. The van der Waals surface area contributed by atoms with E-state index in [1.807, 2.05) is 11.4 Å².